The second kappa shape index (κ2) is 10.5. The number of hydrogen-bond donors (Lipinski definition) is 1. The first kappa shape index (κ1) is 24.1. The molecule has 34 heavy (non-hydrogen) atoms. The minimum Gasteiger partial charge on any atom is -0.478 e. The number of benzene rings is 4. The smallest absolute Gasteiger partial charge is 0.255 e. The Morgan fingerprint density at radius 1 is 0.853 bits per heavy atom. The first-order valence-electron chi connectivity index (χ1n) is 10.3. The molecule has 0 heterocycles. The van der Waals surface area contributed by atoms with Crippen LogP contribution >= 0.6 is 34.8 Å². The summed E-state index contributed by atoms with van der Waals surface area (Å²) in [6.45, 7) is 1.95. The number of hydrogen-bond acceptors (Lipinski definition) is 2. The average Bonchev–Trinajstić information content (AvgIpc) is 2.81. The van der Waals surface area contributed by atoms with Gasteiger partial charge in [-0.1, -0.05) is 70.7 Å². The van der Waals surface area contributed by atoms with Crippen molar-refractivity contribution < 1.29 is 13.9 Å². The fourth-order valence-electron chi connectivity index (χ4n) is 3.37. The van der Waals surface area contributed by atoms with E-state index in [2.05, 4.69) is 5.32 Å². The Balaban J connectivity index is 1.61. The van der Waals surface area contributed by atoms with Crippen molar-refractivity contribution in [3.05, 3.63) is 128 Å². The van der Waals surface area contributed by atoms with Gasteiger partial charge in [-0.15, -0.1) is 0 Å². The van der Waals surface area contributed by atoms with Gasteiger partial charge in [0.15, 0.2) is 17.7 Å². The summed E-state index contributed by atoms with van der Waals surface area (Å²) in [7, 11) is 0. The molecule has 0 saturated heterocycles. The van der Waals surface area contributed by atoms with Crippen LogP contribution in [-0.2, 0) is 0 Å². The monoisotopic (exact) mass is 513 g/mol. The maximum absolute atomic E-state index is 15.0. The van der Waals surface area contributed by atoms with Crippen LogP contribution in [0.4, 0.5) is 10.1 Å². The summed E-state index contributed by atoms with van der Waals surface area (Å²) >= 11 is 18.5. The van der Waals surface area contributed by atoms with E-state index in [0.717, 1.165) is 11.6 Å². The van der Waals surface area contributed by atoms with Gasteiger partial charge in [0.1, 0.15) is 0 Å². The number of carbonyl (C=O) groups is 1. The molecule has 4 aromatic carbocycles. The van der Waals surface area contributed by atoms with Crippen LogP contribution in [0.3, 0.4) is 0 Å². The van der Waals surface area contributed by atoms with E-state index in [1.54, 1.807) is 54.6 Å². The average molecular weight is 515 g/mol. The highest BCUT2D eigenvalue weighted by atomic mass is 35.5. The Bertz CT molecular complexity index is 1330. The molecule has 0 aliphatic rings. The van der Waals surface area contributed by atoms with E-state index in [9.17, 15) is 4.79 Å². The number of ether oxygens (including phenoxy) is 1. The molecule has 0 radical (unpaired) electrons. The zero-order valence-corrected chi connectivity index (χ0v) is 20.3. The number of rotatable bonds is 6. The van der Waals surface area contributed by atoms with Gasteiger partial charge in [0.25, 0.3) is 5.91 Å². The summed E-state index contributed by atoms with van der Waals surface area (Å²) in [5.74, 6) is -1.14. The first-order valence-corrected chi connectivity index (χ1v) is 11.5. The number of carbonyl (C=O) groups excluding carboxylic acids is 1. The van der Waals surface area contributed by atoms with E-state index in [-0.39, 0.29) is 11.3 Å². The normalized spacial score (nSPS) is 11.7. The van der Waals surface area contributed by atoms with Crippen LogP contribution in [0.25, 0.3) is 0 Å². The Morgan fingerprint density at radius 3 is 2.18 bits per heavy atom. The van der Waals surface area contributed by atoms with Gasteiger partial charge in [-0.05, 0) is 67.1 Å². The maximum atomic E-state index is 15.0. The van der Waals surface area contributed by atoms with Crippen molar-refractivity contribution in [1.29, 1.82) is 0 Å². The maximum Gasteiger partial charge on any atom is 0.255 e. The van der Waals surface area contributed by atoms with Crippen LogP contribution in [-0.4, -0.2) is 5.91 Å². The molecule has 4 rings (SSSR count). The largest absolute Gasteiger partial charge is 0.478 e. The molecule has 7 heteroatoms. The highest BCUT2D eigenvalue weighted by Gasteiger charge is 2.22. The molecule has 1 unspecified atom stereocenters. The van der Waals surface area contributed by atoms with Gasteiger partial charge in [0, 0.05) is 31.9 Å². The van der Waals surface area contributed by atoms with Crippen molar-refractivity contribution >= 4 is 46.4 Å². The quantitative estimate of drug-likeness (QED) is 0.280. The third-order valence-electron chi connectivity index (χ3n) is 5.17. The standard InChI is InChI=1S/C27H19Cl3FNO2/c1-16-2-10-21(11-3-16)32-27(33)18-6-13-25(24(31)14-18)34-26(17-4-7-19(28)8-5-17)22-12-9-20(29)15-23(22)30/h2-15,26H,1H3,(H,32,33). The topological polar surface area (TPSA) is 38.3 Å². The summed E-state index contributed by atoms with van der Waals surface area (Å²) in [4.78, 5) is 12.6. The lowest BCUT2D eigenvalue weighted by atomic mass is 10.0. The van der Waals surface area contributed by atoms with Crippen LogP contribution in [0.15, 0.2) is 84.9 Å². The molecular formula is C27H19Cl3FNO2. The van der Waals surface area contributed by atoms with Crippen molar-refractivity contribution in [1.82, 2.24) is 0 Å². The SMILES string of the molecule is Cc1ccc(NC(=O)c2ccc(OC(c3ccc(Cl)cc3)c3ccc(Cl)cc3Cl)c(F)c2)cc1. The van der Waals surface area contributed by atoms with Gasteiger partial charge >= 0.3 is 0 Å². The zero-order valence-electron chi connectivity index (χ0n) is 18.0. The second-order valence-electron chi connectivity index (χ2n) is 7.68. The molecule has 0 saturated carbocycles. The summed E-state index contributed by atoms with van der Waals surface area (Å²) in [6, 6.07) is 23.4. The van der Waals surface area contributed by atoms with Gasteiger partial charge in [0.05, 0.1) is 0 Å². The van der Waals surface area contributed by atoms with Crippen molar-refractivity contribution in [3.8, 4) is 5.75 Å². The van der Waals surface area contributed by atoms with Gasteiger partial charge in [-0.3, -0.25) is 4.79 Å². The molecular weight excluding hydrogens is 496 g/mol. The molecule has 1 atom stereocenters. The van der Waals surface area contributed by atoms with Gasteiger partial charge in [0.2, 0.25) is 0 Å². The molecule has 0 bridgehead atoms. The van der Waals surface area contributed by atoms with E-state index < -0.39 is 17.8 Å². The van der Waals surface area contributed by atoms with Gasteiger partial charge in [-0.25, -0.2) is 4.39 Å². The predicted molar refractivity (Wildman–Crippen MR) is 136 cm³/mol. The molecule has 3 nitrogen and oxygen atoms in total. The number of anilines is 1. The highest BCUT2D eigenvalue weighted by Crippen LogP contribution is 2.35. The van der Waals surface area contributed by atoms with Crippen molar-refractivity contribution in [2.75, 3.05) is 5.32 Å². The molecule has 0 fully saturated rings. The summed E-state index contributed by atoms with van der Waals surface area (Å²) in [5, 5.41) is 4.16. The number of halogens is 4. The lowest BCUT2D eigenvalue weighted by Gasteiger charge is -2.22. The molecule has 1 amide bonds. The Hall–Kier alpha value is -3.05. The third-order valence-corrected chi connectivity index (χ3v) is 5.98. The van der Waals surface area contributed by atoms with Crippen molar-refractivity contribution in [3.63, 3.8) is 0 Å². The van der Waals surface area contributed by atoms with E-state index in [1.807, 2.05) is 19.1 Å². The second-order valence-corrected chi connectivity index (χ2v) is 8.96. The van der Waals surface area contributed by atoms with Crippen LogP contribution in [0.2, 0.25) is 15.1 Å². The van der Waals surface area contributed by atoms with Gasteiger partial charge in [-0.2, -0.15) is 0 Å². The van der Waals surface area contributed by atoms with Crippen LogP contribution < -0.4 is 10.1 Å². The molecule has 172 valence electrons. The Labute approximate surface area is 212 Å². The van der Waals surface area contributed by atoms with Crippen LogP contribution in [0.1, 0.15) is 33.2 Å². The molecule has 0 aliphatic carbocycles. The molecule has 0 spiro atoms. The minimum absolute atomic E-state index is 0.0298. The molecule has 1 N–H and O–H groups in total. The Kier molecular flexibility index (Phi) is 7.42. The summed E-state index contributed by atoms with van der Waals surface area (Å²) in [6.07, 6.45) is -0.733. The Morgan fingerprint density at radius 2 is 1.53 bits per heavy atom. The van der Waals surface area contributed by atoms with Gasteiger partial charge < -0.3 is 10.1 Å². The van der Waals surface area contributed by atoms with Crippen molar-refractivity contribution in [2.24, 2.45) is 0 Å². The van der Waals surface area contributed by atoms with Crippen molar-refractivity contribution in [2.45, 2.75) is 13.0 Å². The lowest BCUT2D eigenvalue weighted by molar-refractivity contribution is 0.102. The fourth-order valence-corrected chi connectivity index (χ4v) is 4.00. The van der Waals surface area contributed by atoms with Crippen LogP contribution in [0.5, 0.6) is 5.75 Å². The van der Waals surface area contributed by atoms with E-state index in [0.29, 0.717) is 31.9 Å². The fraction of sp³-hybridized carbons (Fsp3) is 0.0741. The number of nitrogens with one attached hydrogen (secondary N) is 1. The third kappa shape index (κ3) is 5.71. The predicted octanol–water partition coefficient (Wildman–Crippen LogP) is 8.52. The number of amides is 1. The first-order chi connectivity index (χ1) is 16.3. The lowest BCUT2D eigenvalue weighted by Crippen LogP contribution is -2.14. The summed E-state index contributed by atoms with van der Waals surface area (Å²) in [5.41, 5.74) is 3.18. The number of aryl methyl sites for hydroxylation is 1. The van der Waals surface area contributed by atoms with E-state index in [1.165, 1.54) is 12.1 Å². The molecule has 0 aliphatic heterocycles. The van der Waals surface area contributed by atoms with E-state index >= 15 is 4.39 Å². The minimum atomic E-state index is -0.733. The molecule has 4 aromatic rings. The van der Waals surface area contributed by atoms with Crippen LogP contribution in [0, 0.1) is 12.7 Å². The summed E-state index contributed by atoms with van der Waals surface area (Å²) < 4.78 is 21.1. The van der Waals surface area contributed by atoms with E-state index in [4.69, 9.17) is 39.5 Å². The molecule has 0 aromatic heterocycles. The highest BCUT2D eigenvalue weighted by molar-refractivity contribution is 6.35. The zero-order chi connectivity index (χ0) is 24.2.